The number of allylic oxidation sites excluding steroid dienone is 2. The van der Waals surface area contributed by atoms with E-state index in [2.05, 4.69) is 6.58 Å². The van der Waals surface area contributed by atoms with Gasteiger partial charge in [0.15, 0.2) is 5.78 Å². The molecule has 2 rings (SSSR count). The van der Waals surface area contributed by atoms with Gasteiger partial charge >= 0.3 is 0 Å². The smallest absolute Gasteiger partial charge is 0.187 e. The lowest BCUT2D eigenvalue weighted by Crippen LogP contribution is -2.12. The highest BCUT2D eigenvalue weighted by Crippen LogP contribution is 2.22. The molecule has 0 heterocycles. The molecule has 1 aromatic rings. The zero-order chi connectivity index (χ0) is 12.3. The molecule has 0 aromatic heterocycles. The zero-order valence-corrected chi connectivity index (χ0v) is 9.47. The van der Waals surface area contributed by atoms with Gasteiger partial charge in [-0.15, -0.1) is 0 Å². The minimum Gasteiger partial charge on any atom is -0.384 e. The maximum Gasteiger partial charge on any atom is 0.187 e. The van der Waals surface area contributed by atoms with E-state index < -0.39 is 6.10 Å². The maximum absolute atomic E-state index is 11.6. The average Bonchev–Trinajstić information content (AvgIpc) is 2.69. The van der Waals surface area contributed by atoms with Gasteiger partial charge < -0.3 is 5.11 Å². The second kappa shape index (κ2) is 4.93. The van der Waals surface area contributed by atoms with Gasteiger partial charge in [-0.25, -0.2) is 0 Å². The Balaban J connectivity index is 2.08. The predicted molar refractivity (Wildman–Crippen MR) is 68.3 cm³/mol. The largest absolute Gasteiger partial charge is 0.384 e. The molecule has 1 atom stereocenters. The number of aliphatic hydroxyl groups excluding tert-OH is 1. The Morgan fingerprint density at radius 2 is 2.00 bits per heavy atom. The van der Waals surface area contributed by atoms with Crippen LogP contribution in [0.2, 0.25) is 0 Å². The van der Waals surface area contributed by atoms with Crippen molar-refractivity contribution in [3.05, 3.63) is 65.8 Å². The summed E-state index contributed by atoms with van der Waals surface area (Å²) in [5, 5.41) is 9.88. The highest BCUT2D eigenvalue weighted by atomic mass is 16.3. The van der Waals surface area contributed by atoms with E-state index in [1.165, 1.54) is 0 Å². The normalized spacial score (nSPS) is 17.6. The molecule has 17 heavy (non-hydrogen) atoms. The van der Waals surface area contributed by atoms with Gasteiger partial charge in [0.2, 0.25) is 0 Å². The summed E-state index contributed by atoms with van der Waals surface area (Å²) in [5.41, 5.74) is 1.98. The fourth-order valence-electron chi connectivity index (χ4n) is 1.75. The van der Waals surface area contributed by atoms with Gasteiger partial charge in [0, 0.05) is 5.57 Å². The zero-order valence-electron chi connectivity index (χ0n) is 9.47. The summed E-state index contributed by atoms with van der Waals surface area (Å²) in [7, 11) is 0. The van der Waals surface area contributed by atoms with E-state index in [-0.39, 0.29) is 5.78 Å². The molecular formula is C15H14O2. The van der Waals surface area contributed by atoms with Crippen molar-refractivity contribution in [2.75, 3.05) is 0 Å². The summed E-state index contributed by atoms with van der Waals surface area (Å²) in [6.07, 6.45) is 4.87. The van der Waals surface area contributed by atoms with E-state index in [0.29, 0.717) is 17.6 Å². The Bertz CT molecular complexity index is 495. The van der Waals surface area contributed by atoms with Crippen LogP contribution in [0.1, 0.15) is 12.0 Å². The Morgan fingerprint density at radius 3 is 2.59 bits per heavy atom. The second-order valence-corrected chi connectivity index (χ2v) is 4.01. The lowest BCUT2D eigenvalue weighted by atomic mass is 10.1. The number of carbonyl (C=O) groups excluding carboxylic acids is 1. The van der Waals surface area contributed by atoms with E-state index in [1.807, 2.05) is 30.3 Å². The predicted octanol–water partition coefficient (Wildman–Crippen LogP) is 2.52. The monoisotopic (exact) mass is 226 g/mol. The molecule has 1 aliphatic rings. The van der Waals surface area contributed by atoms with Gasteiger partial charge in [-0.2, -0.15) is 0 Å². The first-order chi connectivity index (χ1) is 8.18. The van der Waals surface area contributed by atoms with Crippen LogP contribution in [0, 0.1) is 0 Å². The molecule has 0 radical (unpaired) electrons. The Hall–Kier alpha value is -1.93. The van der Waals surface area contributed by atoms with Crippen LogP contribution >= 0.6 is 0 Å². The van der Waals surface area contributed by atoms with Crippen molar-refractivity contribution in [2.45, 2.75) is 12.5 Å². The van der Waals surface area contributed by atoms with Crippen molar-refractivity contribution < 1.29 is 9.90 Å². The second-order valence-electron chi connectivity index (χ2n) is 4.01. The molecule has 1 N–H and O–H groups in total. The fourth-order valence-corrected chi connectivity index (χ4v) is 1.75. The molecule has 0 saturated carbocycles. The minimum atomic E-state index is -0.845. The summed E-state index contributed by atoms with van der Waals surface area (Å²) < 4.78 is 0. The lowest BCUT2D eigenvalue weighted by molar-refractivity contribution is -0.112. The van der Waals surface area contributed by atoms with Gasteiger partial charge in [0.25, 0.3) is 0 Å². The summed E-state index contributed by atoms with van der Waals surface area (Å²) in [4.78, 5) is 11.6. The molecule has 0 saturated heterocycles. The summed E-state index contributed by atoms with van der Waals surface area (Å²) in [6, 6.07) is 9.66. The van der Waals surface area contributed by atoms with E-state index in [9.17, 15) is 9.90 Å². The number of hydrogen-bond acceptors (Lipinski definition) is 2. The molecule has 0 aliphatic heterocycles. The van der Waals surface area contributed by atoms with Crippen molar-refractivity contribution in [2.24, 2.45) is 0 Å². The number of aliphatic hydroxyl groups is 1. The molecule has 1 unspecified atom stereocenters. The van der Waals surface area contributed by atoms with Crippen LogP contribution in [-0.4, -0.2) is 17.0 Å². The van der Waals surface area contributed by atoms with Crippen molar-refractivity contribution in [1.29, 1.82) is 0 Å². The van der Waals surface area contributed by atoms with E-state index in [4.69, 9.17) is 0 Å². The van der Waals surface area contributed by atoms with Crippen LogP contribution in [-0.2, 0) is 4.79 Å². The van der Waals surface area contributed by atoms with Crippen LogP contribution in [0.25, 0.3) is 6.08 Å². The molecule has 0 fully saturated rings. The average molecular weight is 226 g/mol. The quantitative estimate of drug-likeness (QED) is 0.804. The van der Waals surface area contributed by atoms with Gasteiger partial charge in [-0.1, -0.05) is 55.1 Å². The van der Waals surface area contributed by atoms with Crippen molar-refractivity contribution >= 4 is 11.9 Å². The molecule has 86 valence electrons. The molecule has 2 heteroatoms. The standard InChI is InChI=1S/C15H14O2/c1-11-7-9-13(15(11)17)14(16)10-8-12-5-3-2-4-6-12/h2-6,8-10,14,16H,1,7H2/b10-8+. The first-order valence-electron chi connectivity index (χ1n) is 5.52. The molecule has 0 bridgehead atoms. The van der Waals surface area contributed by atoms with E-state index >= 15 is 0 Å². The third kappa shape index (κ3) is 2.60. The van der Waals surface area contributed by atoms with Crippen LogP contribution in [0.15, 0.2) is 60.2 Å². The first-order valence-corrected chi connectivity index (χ1v) is 5.52. The van der Waals surface area contributed by atoms with Crippen LogP contribution in [0.3, 0.4) is 0 Å². The van der Waals surface area contributed by atoms with Crippen LogP contribution in [0.4, 0.5) is 0 Å². The summed E-state index contributed by atoms with van der Waals surface area (Å²) in [6.45, 7) is 3.65. The van der Waals surface area contributed by atoms with Crippen LogP contribution in [0.5, 0.6) is 0 Å². The Morgan fingerprint density at radius 1 is 1.29 bits per heavy atom. The van der Waals surface area contributed by atoms with Gasteiger partial charge in [-0.3, -0.25) is 4.79 Å². The maximum atomic E-state index is 11.6. The number of carbonyl (C=O) groups is 1. The highest BCUT2D eigenvalue weighted by molar-refractivity contribution is 6.11. The Kier molecular flexibility index (Phi) is 3.35. The Labute approximate surface area is 101 Å². The molecule has 0 spiro atoms. The van der Waals surface area contributed by atoms with Crippen LogP contribution < -0.4 is 0 Å². The van der Waals surface area contributed by atoms with E-state index in [0.717, 1.165) is 5.56 Å². The third-order valence-corrected chi connectivity index (χ3v) is 2.74. The molecule has 2 nitrogen and oxygen atoms in total. The first kappa shape index (κ1) is 11.6. The number of ketones is 1. The number of hydrogen-bond donors (Lipinski definition) is 1. The summed E-state index contributed by atoms with van der Waals surface area (Å²) >= 11 is 0. The lowest BCUT2D eigenvalue weighted by Gasteiger charge is -2.05. The van der Waals surface area contributed by atoms with Gasteiger partial charge in [0.05, 0.1) is 0 Å². The summed E-state index contributed by atoms with van der Waals surface area (Å²) in [5.74, 6) is -0.129. The number of benzene rings is 1. The van der Waals surface area contributed by atoms with E-state index in [1.54, 1.807) is 18.2 Å². The topological polar surface area (TPSA) is 37.3 Å². The van der Waals surface area contributed by atoms with Crippen molar-refractivity contribution in [1.82, 2.24) is 0 Å². The third-order valence-electron chi connectivity index (χ3n) is 2.74. The molecule has 1 aromatic carbocycles. The molecular weight excluding hydrogens is 212 g/mol. The molecule has 1 aliphatic carbocycles. The SMILES string of the molecule is C=C1CC=C(C(O)/C=C/c2ccccc2)C1=O. The number of Topliss-reactive ketones (excluding diaryl/α,β-unsaturated/α-hetero) is 1. The highest BCUT2D eigenvalue weighted by Gasteiger charge is 2.23. The number of rotatable bonds is 3. The van der Waals surface area contributed by atoms with Gasteiger partial charge in [-0.05, 0) is 17.6 Å². The van der Waals surface area contributed by atoms with Gasteiger partial charge in [0.1, 0.15) is 6.10 Å². The minimum absolute atomic E-state index is 0.129. The fraction of sp³-hybridized carbons (Fsp3) is 0.133. The van der Waals surface area contributed by atoms with Crippen molar-refractivity contribution in [3.63, 3.8) is 0 Å². The van der Waals surface area contributed by atoms with Crippen molar-refractivity contribution in [3.8, 4) is 0 Å². The molecule has 0 amide bonds.